The van der Waals surface area contributed by atoms with E-state index in [1.165, 1.54) is 6.20 Å². The van der Waals surface area contributed by atoms with Gasteiger partial charge in [0.25, 0.3) is 0 Å². The number of aryl methyl sites for hydroxylation is 1. The number of nitrogens with two attached hydrogens (primary N) is 1. The van der Waals surface area contributed by atoms with Crippen molar-refractivity contribution in [1.29, 1.82) is 0 Å². The molecule has 21 heavy (non-hydrogen) atoms. The number of rotatable bonds is 4. The van der Waals surface area contributed by atoms with E-state index >= 15 is 0 Å². The first-order valence-electron chi connectivity index (χ1n) is 5.95. The van der Waals surface area contributed by atoms with Gasteiger partial charge in [0, 0.05) is 24.6 Å². The quantitative estimate of drug-likeness (QED) is 0.842. The number of pyridine rings is 1. The summed E-state index contributed by atoms with van der Waals surface area (Å²) in [5, 5.41) is 0. The summed E-state index contributed by atoms with van der Waals surface area (Å²) in [7, 11) is -4.33. The van der Waals surface area contributed by atoms with Crippen LogP contribution in [0.2, 0.25) is 0 Å². The molecule has 0 saturated heterocycles. The van der Waals surface area contributed by atoms with Crippen LogP contribution in [0, 0.1) is 18.6 Å². The summed E-state index contributed by atoms with van der Waals surface area (Å²) in [6.45, 7) is 1.65. The van der Waals surface area contributed by atoms with Crippen LogP contribution in [-0.4, -0.2) is 13.4 Å². The summed E-state index contributed by atoms with van der Waals surface area (Å²) >= 11 is 0. The van der Waals surface area contributed by atoms with E-state index in [0.29, 0.717) is 5.56 Å². The van der Waals surface area contributed by atoms with Crippen LogP contribution in [0.4, 0.5) is 14.5 Å². The van der Waals surface area contributed by atoms with E-state index in [9.17, 15) is 17.2 Å². The number of hydrogen-bond donors (Lipinski definition) is 2. The van der Waals surface area contributed by atoms with Crippen molar-refractivity contribution < 1.29 is 17.2 Å². The summed E-state index contributed by atoms with van der Waals surface area (Å²) in [5.74, 6) is -2.46. The number of anilines is 1. The smallest absolute Gasteiger partial charge is 0.246 e. The third kappa shape index (κ3) is 3.34. The van der Waals surface area contributed by atoms with Crippen LogP contribution >= 0.6 is 0 Å². The summed E-state index contributed by atoms with van der Waals surface area (Å²) < 4.78 is 53.5. The van der Waals surface area contributed by atoms with Crippen LogP contribution in [0.5, 0.6) is 0 Å². The van der Waals surface area contributed by atoms with E-state index in [-0.39, 0.29) is 12.2 Å². The minimum absolute atomic E-state index is 0.0973. The van der Waals surface area contributed by atoms with Crippen molar-refractivity contribution in [2.75, 3.05) is 5.73 Å². The second kappa shape index (κ2) is 5.74. The maximum Gasteiger partial charge on any atom is 0.246 e. The van der Waals surface area contributed by atoms with Crippen molar-refractivity contribution >= 4 is 15.7 Å². The Labute approximate surface area is 120 Å². The standard InChI is InChI=1S/C13H13F2N3O2S/c1-8-6-17-3-2-9(8)7-18-21(19,20)13-11(14)4-10(16)5-12(13)15/h2-6,18H,7,16H2,1H3. The van der Waals surface area contributed by atoms with Crippen LogP contribution in [-0.2, 0) is 16.6 Å². The second-order valence-corrected chi connectivity index (χ2v) is 6.14. The predicted octanol–water partition coefficient (Wildman–Crippen LogP) is 1.73. The molecule has 112 valence electrons. The molecule has 0 radical (unpaired) electrons. The number of nitrogens with zero attached hydrogens (tertiary/aromatic N) is 1. The SMILES string of the molecule is Cc1cnccc1CNS(=O)(=O)c1c(F)cc(N)cc1F. The van der Waals surface area contributed by atoms with Crippen molar-refractivity contribution in [3.8, 4) is 0 Å². The lowest BCUT2D eigenvalue weighted by molar-refractivity contribution is 0.514. The number of sulfonamides is 1. The Hall–Kier alpha value is -2.06. The monoisotopic (exact) mass is 313 g/mol. The molecule has 8 heteroatoms. The average molecular weight is 313 g/mol. The van der Waals surface area contributed by atoms with Gasteiger partial charge in [-0.05, 0) is 36.2 Å². The molecule has 2 aromatic rings. The number of hydrogen-bond acceptors (Lipinski definition) is 4. The van der Waals surface area contributed by atoms with Gasteiger partial charge in [-0.1, -0.05) is 0 Å². The first kappa shape index (κ1) is 15.3. The molecular formula is C13H13F2N3O2S. The molecule has 5 nitrogen and oxygen atoms in total. The molecule has 0 amide bonds. The van der Waals surface area contributed by atoms with Gasteiger partial charge in [-0.25, -0.2) is 21.9 Å². The zero-order valence-corrected chi connectivity index (χ0v) is 11.9. The summed E-state index contributed by atoms with van der Waals surface area (Å²) in [4.78, 5) is 2.84. The predicted molar refractivity (Wildman–Crippen MR) is 73.8 cm³/mol. The molecule has 0 saturated carbocycles. The zero-order chi connectivity index (χ0) is 15.6. The molecule has 0 bridgehead atoms. The summed E-state index contributed by atoms with van der Waals surface area (Å²) in [6.07, 6.45) is 3.06. The topological polar surface area (TPSA) is 85.1 Å². The number of benzene rings is 1. The lowest BCUT2D eigenvalue weighted by Gasteiger charge is -2.10. The van der Waals surface area contributed by atoms with E-state index in [1.807, 2.05) is 0 Å². The van der Waals surface area contributed by atoms with Gasteiger partial charge < -0.3 is 5.73 Å². The Kier molecular flexibility index (Phi) is 4.19. The minimum Gasteiger partial charge on any atom is -0.399 e. The molecule has 0 aliphatic carbocycles. The van der Waals surface area contributed by atoms with Gasteiger partial charge in [-0.3, -0.25) is 4.98 Å². The molecule has 1 aromatic heterocycles. The number of halogens is 2. The normalized spacial score (nSPS) is 11.6. The highest BCUT2D eigenvalue weighted by Gasteiger charge is 2.24. The lowest BCUT2D eigenvalue weighted by atomic mass is 10.2. The van der Waals surface area contributed by atoms with Crippen molar-refractivity contribution in [2.45, 2.75) is 18.4 Å². The van der Waals surface area contributed by atoms with Crippen molar-refractivity contribution in [3.05, 3.63) is 53.4 Å². The fourth-order valence-electron chi connectivity index (χ4n) is 1.78. The molecular weight excluding hydrogens is 300 g/mol. The Balaban J connectivity index is 2.30. The molecule has 1 aromatic carbocycles. The van der Waals surface area contributed by atoms with Gasteiger partial charge in [-0.15, -0.1) is 0 Å². The van der Waals surface area contributed by atoms with Crippen LogP contribution in [0.15, 0.2) is 35.5 Å². The third-order valence-electron chi connectivity index (χ3n) is 2.88. The maximum absolute atomic E-state index is 13.7. The molecule has 0 unspecified atom stereocenters. The lowest BCUT2D eigenvalue weighted by Crippen LogP contribution is -2.25. The first-order valence-corrected chi connectivity index (χ1v) is 7.43. The van der Waals surface area contributed by atoms with E-state index in [2.05, 4.69) is 9.71 Å². The van der Waals surface area contributed by atoms with E-state index in [4.69, 9.17) is 5.73 Å². The number of nitrogen functional groups attached to an aromatic ring is 1. The molecule has 0 aliphatic heterocycles. The molecule has 3 N–H and O–H groups in total. The third-order valence-corrected chi connectivity index (χ3v) is 4.33. The van der Waals surface area contributed by atoms with Crippen LogP contribution in [0.1, 0.15) is 11.1 Å². The maximum atomic E-state index is 13.7. The highest BCUT2D eigenvalue weighted by Crippen LogP contribution is 2.21. The number of nitrogens with one attached hydrogen (secondary N) is 1. The van der Waals surface area contributed by atoms with Crippen molar-refractivity contribution in [3.63, 3.8) is 0 Å². The molecule has 0 aliphatic rings. The Morgan fingerprint density at radius 2 is 1.90 bits per heavy atom. The van der Waals surface area contributed by atoms with Gasteiger partial charge in [0.1, 0.15) is 11.6 Å². The van der Waals surface area contributed by atoms with Crippen LogP contribution in [0.25, 0.3) is 0 Å². The van der Waals surface area contributed by atoms with Crippen molar-refractivity contribution in [2.24, 2.45) is 0 Å². The summed E-state index contributed by atoms with van der Waals surface area (Å²) in [6, 6.07) is 3.14. The molecule has 0 atom stereocenters. The van der Waals surface area contributed by atoms with E-state index in [0.717, 1.165) is 17.7 Å². The zero-order valence-electron chi connectivity index (χ0n) is 11.1. The van der Waals surface area contributed by atoms with Gasteiger partial charge >= 0.3 is 0 Å². The van der Waals surface area contributed by atoms with Gasteiger partial charge in [0.05, 0.1) is 0 Å². The van der Waals surface area contributed by atoms with E-state index in [1.54, 1.807) is 19.2 Å². The van der Waals surface area contributed by atoms with Crippen LogP contribution in [0.3, 0.4) is 0 Å². The Morgan fingerprint density at radius 3 is 2.48 bits per heavy atom. The molecule has 0 spiro atoms. The van der Waals surface area contributed by atoms with Crippen molar-refractivity contribution in [1.82, 2.24) is 9.71 Å². The Morgan fingerprint density at radius 1 is 1.29 bits per heavy atom. The fourth-order valence-corrected chi connectivity index (χ4v) is 2.90. The fraction of sp³-hybridized carbons (Fsp3) is 0.154. The largest absolute Gasteiger partial charge is 0.399 e. The molecule has 2 rings (SSSR count). The first-order chi connectivity index (χ1) is 9.81. The molecule has 0 fully saturated rings. The average Bonchev–Trinajstić information content (AvgIpc) is 2.36. The van der Waals surface area contributed by atoms with Crippen LogP contribution < -0.4 is 10.5 Å². The minimum atomic E-state index is -4.33. The van der Waals surface area contributed by atoms with Gasteiger partial charge in [0.15, 0.2) is 4.90 Å². The second-order valence-electron chi connectivity index (χ2n) is 4.44. The highest BCUT2D eigenvalue weighted by atomic mass is 32.2. The van der Waals surface area contributed by atoms with Gasteiger partial charge in [0.2, 0.25) is 10.0 Å². The van der Waals surface area contributed by atoms with E-state index < -0.39 is 26.6 Å². The highest BCUT2D eigenvalue weighted by molar-refractivity contribution is 7.89. The van der Waals surface area contributed by atoms with Gasteiger partial charge in [-0.2, -0.15) is 0 Å². The molecule has 1 heterocycles. The number of aromatic nitrogens is 1. The Bertz CT molecular complexity index is 756. The summed E-state index contributed by atoms with van der Waals surface area (Å²) in [5.41, 5.74) is 6.49.